The molecule has 0 saturated carbocycles. The molecule has 0 aliphatic carbocycles. The van der Waals surface area contributed by atoms with Gasteiger partial charge in [0.2, 0.25) is 0 Å². The number of esters is 2. The fraction of sp³-hybridized carbons (Fsp3) is 0.941. The van der Waals surface area contributed by atoms with Crippen molar-refractivity contribution in [2.75, 3.05) is 58.8 Å². The third kappa shape index (κ3) is 15.6. The van der Waals surface area contributed by atoms with Crippen LogP contribution in [0, 0.1) is 0 Å². The molecule has 0 amide bonds. The zero-order chi connectivity index (χ0) is 39.4. The normalized spacial score (nSPS) is 26.9. The maximum absolute atomic E-state index is 13.5. The second-order valence-corrected chi connectivity index (χ2v) is 15.0. The molecule has 2 saturated heterocycles. The molecule has 2 heterocycles. The Bertz CT molecular complexity index is 1080. The topological polar surface area (TPSA) is 176 Å². The second kappa shape index (κ2) is 25.5. The van der Waals surface area contributed by atoms with Crippen LogP contribution in [0.4, 0.5) is 0 Å². The number of carbonyl (C=O) groups excluding carboxylic acids is 2. The maximum atomic E-state index is 13.5. The standard InChI is InChI=1S/C34H63B2O15PS/c1-9-12-14-43-23(20-37)18-24(51-35-36-52)27(41-7)30(47-22(4)38)31(39)48-28-25(44-15-13-10-2)19-34(32(40)42-8,45-16-17-53-11-3)50-29(28)26-21-46-33(5,6)49-26/h23-31,37,39H,9-21,52H2,1-8H3/t23-,24-,25-,26-,27?,28-,29?,30-,31-,34-/m1/s1. The van der Waals surface area contributed by atoms with Gasteiger partial charge in [0.05, 0.1) is 7.11 Å². The van der Waals surface area contributed by atoms with Gasteiger partial charge in [0, 0.05) is 5.75 Å². The Kier molecular flexibility index (Phi) is 23.3. The fourth-order valence-electron chi connectivity index (χ4n) is 6.12. The van der Waals surface area contributed by atoms with E-state index in [2.05, 4.69) is 9.12 Å². The number of aliphatic hydroxyl groups excluding tert-OH is 2. The van der Waals surface area contributed by atoms with Gasteiger partial charge in [-0.1, -0.05) is 13.8 Å². The monoisotopic (exact) mass is 796 g/mol. The molecular weight excluding hydrogens is 733 g/mol. The van der Waals surface area contributed by atoms with E-state index in [0.717, 1.165) is 25.0 Å². The van der Waals surface area contributed by atoms with Crippen LogP contribution in [0.1, 0.15) is 80.1 Å². The molecule has 3 unspecified atom stereocenters. The first-order valence-corrected chi connectivity index (χ1v) is 20.4. The van der Waals surface area contributed by atoms with E-state index in [9.17, 15) is 19.8 Å². The Morgan fingerprint density at radius 1 is 1.06 bits per heavy atom. The number of unbranched alkanes of at least 4 members (excludes halogenated alkanes) is 2. The van der Waals surface area contributed by atoms with Crippen LogP contribution in [0.15, 0.2) is 0 Å². The number of hydrogen-bond donors (Lipinski definition) is 2. The molecule has 306 valence electrons. The van der Waals surface area contributed by atoms with E-state index in [1.54, 1.807) is 32.1 Å². The van der Waals surface area contributed by atoms with Crippen molar-refractivity contribution in [3.05, 3.63) is 0 Å². The minimum Gasteiger partial charge on any atom is -0.0653 e. The van der Waals surface area contributed by atoms with E-state index in [1.165, 1.54) is 28.1 Å². The van der Waals surface area contributed by atoms with Crippen LogP contribution in [0.5, 0.6) is 0 Å². The quantitative estimate of drug-likeness (QED) is 0.0407. The van der Waals surface area contributed by atoms with E-state index < -0.39 is 78.6 Å². The zero-order valence-electron chi connectivity index (χ0n) is 32.7. The summed E-state index contributed by atoms with van der Waals surface area (Å²) in [7, 11) is 6.45. The van der Waals surface area contributed by atoms with Crippen molar-refractivity contribution in [1.29, 1.82) is 0 Å². The molecule has 11 atom stereocenters. The molecule has 0 spiro atoms. The Labute approximate surface area is 323 Å². The number of rotatable bonds is 27. The molecular formula is C34H63B2O15PS. The molecule has 0 aromatic rings. The average Bonchev–Trinajstić information content (AvgIpc) is 3.50. The van der Waals surface area contributed by atoms with E-state index in [4.69, 9.17) is 52.0 Å². The molecule has 0 radical (unpaired) electrons. The minimum atomic E-state index is -1.89. The predicted molar refractivity (Wildman–Crippen MR) is 202 cm³/mol. The molecule has 19 heteroatoms. The Morgan fingerprint density at radius 3 is 2.34 bits per heavy atom. The van der Waals surface area contributed by atoms with Crippen molar-refractivity contribution in [2.45, 2.75) is 147 Å². The Hall–Kier alpha value is -0.750. The summed E-state index contributed by atoms with van der Waals surface area (Å²) < 4.78 is 66.4. The summed E-state index contributed by atoms with van der Waals surface area (Å²) in [5, 5.41) is 22.1. The third-order valence-corrected chi connectivity index (χ3v) is 9.72. The first kappa shape index (κ1) is 48.4. The molecule has 2 aliphatic heterocycles. The van der Waals surface area contributed by atoms with E-state index in [-0.39, 0.29) is 32.7 Å². The first-order chi connectivity index (χ1) is 25.3. The van der Waals surface area contributed by atoms with E-state index in [1.807, 2.05) is 20.8 Å². The van der Waals surface area contributed by atoms with Crippen LogP contribution in [-0.4, -0.2) is 161 Å². The summed E-state index contributed by atoms with van der Waals surface area (Å²) in [6.07, 6.45) is -6.70. The molecule has 0 aromatic heterocycles. The number of methoxy groups -OCH3 is 2. The minimum absolute atomic E-state index is 0.0597. The summed E-state index contributed by atoms with van der Waals surface area (Å²) in [4.78, 5) is 26.1. The van der Waals surface area contributed by atoms with Gasteiger partial charge in [-0.3, -0.25) is 0 Å². The molecule has 15 nitrogen and oxygen atoms in total. The summed E-state index contributed by atoms with van der Waals surface area (Å²) in [6, 6.07) is 0. The molecule has 2 N–H and O–H groups in total. The molecule has 0 aromatic carbocycles. The fourth-order valence-corrected chi connectivity index (χ4v) is 6.70. The summed E-state index contributed by atoms with van der Waals surface area (Å²) >= 11 is 1.64. The van der Waals surface area contributed by atoms with Crippen molar-refractivity contribution < 1.29 is 71.8 Å². The van der Waals surface area contributed by atoms with Crippen LogP contribution in [0.3, 0.4) is 0 Å². The molecule has 2 fully saturated rings. The zero-order valence-corrected chi connectivity index (χ0v) is 34.7. The summed E-state index contributed by atoms with van der Waals surface area (Å²) in [5.41, 5.74) is 0. The van der Waals surface area contributed by atoms with Gasteiger partial charge in [-0.2, -0.15) is 11.8 Å². The van der Waals surface area contributed by atoms with Gasteiger partial charge in [0.25, 0.3) is 0 Å². The molecule has 2 rings (SSSR count). The SMILES string of the molecule is CCCCO[C@@H](CO)C[C@@H](OB=BP)C(OC)[C@@H](OC(C)=O)[C@H](O)O[C@H]1C([C@H]2COC(C)(C)O2)O[C@@](OCCSCC)(C(=O)OC)C[C@H]1OCCCC. The third-order valence-electron chi connectivity index (χ3n) is 8.70. The number of carbonyl (C=O) groups is 2. The summed E-state index contributed by atoms with van der Waals surface area (Å²) in [6.45, 7) is 13.0. The molecule has 53 heavy (non-hydrogen) atoms. The number of hydrogen-bond acceptors (Lipinski definition) is 16. The number of ether oxygens (including phenoxy) is 10. The van der Waals surface area contributed by atoms with Crippen LogP contribution in [0.25, 0.3) is 0 Å². The second-order valence-electron chi connectivity index (χ2n) is 13.2. The van der Waals surface area contributed by atoms with Gasteiger partial charge < -0.3 is 0 Å². The first-order valence-electron chi connectivity index (χ1n) is 18.5. The number of thioether (sulfide) groups is 1. The van der Waals surface area contributed by atoms with Crippen molar-refractivity contribution in [3.63, 3.8) is 0 Å². The summed E-state index contributed by atoms with van der Waals surface area (Å²) in [5.74, 6) is -2.92. The van der Waals surface area contributed by atoms with Crippen molar-refractivity contribution >= 4 is 46.3 Å². The van der Waals surface area contributed by atoms with E-state index in [0.29, 0.717) is 25.4 Å². The van der Waals surface area contributed by atoms with Crippen LogP contribution >= 0.6 is 20.9 Å². The predicted octanol–water partition coefficient (Wildman–Crippen LogP) is 2.38. The average molecular weight is 797 g/mol. The smallest absolute Gasteiger partial charge is 0.0653 e. The van der Waals surface area contributed by atoms with Gasteiger partial charge >= 0.3 is 279 Å². The van der Waals surface area contributed by atoms with Gasteiger partial charge in [-0.15, -0.1) is 0 Å². The molecule has 0 bridgehead atoms. The number of aliphatic hydroxyl groups is 2. The Morgan fingerprint density at radius 2 is 1.77 bits per heavy atom. The van der Waals surface area contributed by atoms with Gasteiger partial charge in [-0.05, 0) is 5.75 Å². The van der Waals surface area contributed by atoms with Crippen molar-refractivity contribution in [3.8, 4) is 0 Å². The van der Waals surface area contributed by atoms with Gasteiger partial charge in [0.15, 0.2) is 0 Å². The van der Waals surface area contributed by atoms with E-state index >= 15 is 0 Å². The van der Waals surface area contributed by atoms with Gasteiger partial charge in [-0.25, -0.2) is 0 Å². The van der Waals surface area contributed by atoms with Crippen molar-refractivity contribution in [1.82, 2.24) is 0 Å². The van der Waals surface area contributed by atoms with Crippen LogP contribution < -0.4 is 0 Å². The molecule has 2 aliphatic rings. The van der Waals surface area contributed by atoms with Gasteiger partial charge in [0.1, 0.15) is 0 Å². The van der Waals surface area contributed by atoms with Crippen molar-refractivity contribution in [2.24, 2.45) is 0 Å². The van der Waals surface area contributed by atoms with Crippen LogP contribution in [-0.2, 0) is 61.6 Å². The van der Waals surface area contributed by atoms with Crippen LogP contribution in [0.2, 0.25) is 0 Å². The Balaban J connectivity index is 2.60.